The SMILES string of the molecule is Cc1c(C(=O)N(C)C2CCCC2)cc(Br)cc1S(N)(=O)=O. The van der Waals surface area contributed by atoms with Gasteiger partial charge in [-0.2, -0.15) is 0 Å². The zero-order valence-corrected chi connectivity index (χ0v) is 14.5. The van der Waals surface area contributed by atoms with Crippen LogP contribution in [0, 0.1) is 6.92 Å². The first kappa shape index (κ1) is 16.5. The average molecular weight is 375 g/mol. The molecule has 116 valence electrons. The molecule has 0 unspecified atom stereocenters. The first-order valence-electron chi connectivity index (χ1n) is 6.82. The second-order valence-corrected chi connectivity index (χ2v) is 7.92. The van der Waals surface area contributed by atoms with E-state index in [0.717, 1.165) is 25.7 Å². The number of hydrogen-bond donors (Lipinski definition) is 1. The summed E-state index contributed by atoms with van der Waals surface area (Å²) < 4.78 is 23.8. The predicted molar refractivity (Wildman–Crippen MR) is 84.6 cm³/mol. The molecule has 0 aromatic heterocycles. The Morgan fingerprint density at radius 2 is 1.90 bits per heavy atom. The van der Waals surface area contributed by atoms with Crippen LogP contribution in [0.3, 0.4) is 0 Å². The van der Waals surface area contributed by atoms with Crippen LogP contribution in [0.4, 0.5) is 0 Å². The van der Waals surface area contributed by atoms with Crippen molar-refractivity contribution in [1.29, 1.82) is 0 Å². The highest BCUT2D eigenvalue weighted by Crippen LogP contribution is 2.28. The molecule has 0 spiro atoms. The molecule has 1 aromatic carbocycles. The molecule has 1 fully saturated rings. The minimum absolute atomic E-state index is 0.0138. The summed E-state index contributed by atoms with van der Waals surface area (Å²) in [6.07, 6.45) is 4.25. The van der Waals surface area contributed by atoms with Crippen LogP contribution < -0.4 is 5.14 Å². The third-order valence-electron chi connectivity index (χ3n) is 4.05. The van der Waals surface area contributed by atoms with Crippen LogP contribution in [0.1, 0.15) is 41.6 Å². The summed E-state index contributed by atoms with van der Waals surface area (Å²) in [4.78, 5) is 14.4. The number of nitrogens with zero attached hydrogens (tertiary/aromatic N) is 1. The Kier molecular flexibility index (Phi) is 4.75. The summed E-state index contributed by atoms with van der Waals surface area (Å²) in [5.74, 6) is -0.161. The molecule has 0 saturated heterocycles. The third-order valence-corrected chi connectivity index (χ3v) is 5.55. The fraction of sp³-hybridized carbons (Fsp3) is 0.500. The molecule has 2 N–H and O–H groups in total. The van der Waals surface area contributed by atoms with Crippen LogP contribution in [0.15, 0.2) is 21.5 Å². The number of amides is 1. The van der Waals surface area contributed by atoms with Gasteiger partial charge in [0.2, 0.25) is 10.0 Å². The van der Waals surface area contributed by atoms with Crippen molar-refractivity contribution in [2.24, 2.45) is 5.14 Å². The number of benzene rings is 1. The van der Waals surface area contributed by atoms with Gasteiger partial charge < -0.3 is 4.90 Å². The van der Waals surface area contributed by atoms with Gasteiger partial charge in [-0.3, -0.25) is 4.79 Å². The van der Waals surface area contributed by atoms with Crippen LogP contribution in [0.2, 0.25) is 0 Å². The first-order chi connectivity index (χ1) is 9.71. The van der Waals surface area contributed by atoms with Crippen LogP contribution >= 0.6 is 15.9 Å². The van der Waals surface area contributed by atoms with E-state index >= 15 is 0 Å². The zero-order chi connectivity index (χ0) is 15.8. The summed E-state index contributed by atoms with van der Waals surface area (Å²) in [7, 11) is -2.08. The number of rotatable bonds is 3. The van der Waals surface area contributed by atoms with Crippen molar-refractivity contribution < 1.29 is 13.2 Å². The molecule has 21 heavy (non-hydrogen) atoms. The highest BCUT2D eigenvalue weighted by molar-refractivity contribution is 9.10. The number of hydrogen-bond acceptors (Lipinski definition) is 3. The zero-order valence-electron chi connectivity index (χ0n) is 12.1. The summed E-state index contributed by atoms with van der Waals surface area (Å²) in [6.45, 7) is 1.61. The number of sulfonamides is 1. The summed E-state index contributed by atoms with van der Waals surface area (Å²) in [6, 6.07) is 3.31. The maximum atomic E-state index is 12.7. The summed E-state index contributed by atoms with van der Waals surface area (Å²) in [5.41, 5.74) is 0.776. The molecule has 1 amide bonds. The molecule has 1 aromatic rings. The molecule has 1 aliphatic rings. The van der Waals surface area contributed by atoms with Crippen molar-refractivity contribution in [2.45, 2.75) is 43.5 Å². The van der Waals surface area contributed by atoms with Crippen molar-refractivity contribution in [3.8, 4) is 0 Å². The number of primary sulfonamides is 1. The molecule has 0 aliphatic heterocycles. The molecule has 1 saturated carbocycles. The molecular formula is C14H19BrN2O3S. The van der Waals surface area contributed by atoms with Crippen molar-refractivity contribution in [3.05, 3.63) is 27.7 Å². The van der Waals surface area contributed by atoms with E-state index in [1.54, 1.807) is 24.9 Å². The fourth-order valence-electron chi connectivity index (χ4n) is 2.82. The molecule has 0 heterocycles. The van der Waals surface area contributed by atoms with Gasteiger partial charge in [0.15, 0.2) is 0 Å². The largest absolute Gasteiger partial charge is 0.339 e. The quantitative estimate of drug-likeness (QED) is 0.881. The van der Waals surface area contributed by atoms with Crippen molar-refractivity contribution >= 4 is 31.9 Å². The van der Waals surface area contributed by atoms with Gasteiger partial charge in [-0.15, -0.1) is 0 Å². The molecule has 0 bridgehead atoms. The van der Waals surface area contributed by atoms with E-state index in [9.17, 15) is 13.2 Å². The molecule has 0 atom stereocenters. The smallest absolute Gasteiger partial charge is 0.254 e. The van der Waals surface area contributed by atoms with Crippen molar-refractivity contribution in [1.82, 2.24) is 4.90 Å². The number of carbonyl (C=O) groups is 1. The molecule has 2 rings (SSSR count). The lowest BCUT2D eigenvalue weighted by Crippen LogP contribution is -2.35. The van der Waals surface area contributed by atoms with Crippen molar-refractivity contribution in [2.75, 3.05) is 7.05 Å². The Bertz CT molecular complexity index is 667. The number of nitrogens with two attached hydrogens (primary N) is 1. The minimum atomic E-state index is -3.86. The van der Waals surface area contributed by atoms with Gasteiger partial charge in [-0.1, -0.05) is 28.8 Å². The summed E-state index contributed by atoms with van der Waals surface area (Å²) >= 11 is 3.25. The van der Waals surface area contributed by atoms with Crippen LogP contribution in [0.25, 0.3) is 0 Å². The molecule has 7 heteroatoms. The standard InChI is InChI=1S/C14H19BrN2O3S/c1-9-12(7-10(15)8-13(9)21(16,19)20)14(18)17(2)11-5-3-4-6-11/h7-8,11H,3-6H2,1-2H3,(H2,16,19,20). The van der Waals surface area contributed by atoms with E-state index in [0.29, 0.717) is 15.6 Å². The van der Waals surface area contributed by atoms with E-state index in [4.69, 9.17) is 5.14 Å². The molecule has 0 radical (unpaired) electrons. The first-order valence-corrected chi connectivity index (χ1v) is 9.16. The van der Waals surface area contributed by atoms with E-state index in [2.05, 4.69) is 15.9 Å². The van der Waals surface area contributed by atoms with E-state index in [1.807, 2.05) is 0 Å². The minimum Gasteiger partial charge on any atom is -0.339 e. The van der Waals surface area contributed by atoms with Crippen LogP contribution in [-0.4, -0.2) is 32.3 Å². The van der Waals surface area contributed by atoms with Crippen LogP contribution in [0.5, 0.6) is 0 Å². The lowest BCUT2D eigenvalue weighted by molar-refractivity contribution is 0.0734. The Balaban J connectivity index is 2.44. The Morgan fingerprint density at radius 1 is 1.33 bits per heavy atom. The van der Waals surface area contributed by atoms with E-state index in [1.165, 1.54) is 6.07 Å². The fourth-order valence-corrected chi connectivity index (χ4v) is 4.26. The second-order valence-electron chi connectivity index (χ2n) is 5.48. The second kappa shape index (κ2) is 6.06. The highest BCUT2D eigenvalue weighted by Gasteiger charge is 2.27. The number of carbonyl (C=O) groups excluding carboxylic acids is 1. The summed E-state index contributed by atoms with van der Waals surface area (Å²) in [5, 5.41) is 5.22. The van der Waals surface area contributed by atoms with E-state index in [-0.39, 0.29) is 16.8 Å². The highest BCUT2D eigenvalue weighted by atomic mass is 79.9. The van der Waals surface area contributed by atoms with Gasteiger partial charge in [0.05, 0.1) is 4.90 Å². The van der Waals surface area contributed by atoms with E-state index < -0.39 is 10.0 Å². The van der Waals surface area contributed by atoms with Crippen LogP contribution in [-0.2, 0) is 10.0 Å². The van der Waals surface area contributed by atoms with Gasteiger partial charge in [-0.25, -0.2) is 13.6 Å². The van der Waals surface area contributed by atoms with Crippen molar-refractivity contribution in [3.63, 3.8) is 0 Å². The third kappa shape index (κ3) is 3.46. The Hall–Kier alpha value is -0.920. The van der Waals surface area contributed by atoms with Gasteiger partial charge in [0.25, 0.3) is 5.91 Å². The van der Waals surface area contributed by atoms with Gasteiger partial charge in [0, 0.05) is 23.1 Å². The molecule has 5 nitrogen and oxygen atoms in total. The maximum absolute atomic E-state index is 12.7. The average Bonchev–Trinajstić information content (AvgIpc) is 2.92. The van der Waals surface area contributed by atoms with Gasteiger partial charge in [0.1, 0.15) is 0 Å². The monoisotopic (exact) mass is 374 g/mol. The lowest BCUT2D eigenvalue weighted by atomic mass is 10.1. The Morgan fingerprint density at radius 3 is 2.43 bits per heavy atom. The molecule has 1 aliphatic carbocycles. The van der Waals surface area contributed by atoms with Gasteiger partial charge in [-0.05, 0) is 37.5 Å². The normalized spacial score (nSPS) is 16.2. The lowest BCUT2D eigenvalue weighted by Gasteiger charge is -2.25. The topological polar surface area (TPSA) is 80.5 Å². The maximum Gasteiger partial charge on any atom is 0.254 e. The Labute approximate surface area is 133 Å². The van der Waals surface area contributed by atoms with Gasteiger partial charge >= 0.3 is 0 Å². The molecular weight excluding hydrogens is 356 g/mol. The predicted octanol–water partition coefficient (Wildman–Crippen LogP) is 2.42. The number of halogens is 1.